The number of anilines is 2. The molecule has 0 bridgehead atoms. The Morgan fingerprint density at radius 1 is 1.53 bits per heavy atom. The first-order valence-electron chi connectivity index (χ1n) is 4.28. The standard InChI is InChI=1S/C8H11F3N4/c1-5(4-8(9,10)11)14-7-13-3-2-6(12)15-7/h2-3,5H,4H2,1H3,(H3,12,13,14,15). The summed E-state index contributed by atoms with van der Waals surface area (Å²) in [6.45, 7) is 1.40. The highest BCUT2D eigenvalue weighted by Crippen LogP contribution is 2.22. The molecule has 0 spiro atoms. The second-order valence-corrected chi connectivity index (χ2v) is 3.17. The average Bonchev–Trinajstić information content (AvgIpc) is 1.99. The van der Waals surface area contributed by atoms with Crippen LogP contribution >= 0.6 is 0 Å². The number of aromatic nitrogens is 2. The van der Waals surface area contributed by atoms with Gasteiger partial charge >= 0.3 is 6.18 Å². The summed E-state index contributed by atoms with van der Waals surface area (Å²) in [6, 6.07) is 0.673. The van der Waals surface area contributed by atoms with Gasteiger partial charge in [0.1, 0.15) is 5.82 Å². The predicted molar refractivity (Wildman–Crippen MR) is 50.2 cm³/mol. The number of rotatable bonds is 3. The van der Waals surface area contributed by atoms with E-state index in [-0.39, 0.29) is 11.8 Å². The lowest BCUT2D eigenvalue weighted by Crippen LogP contribution is -2.24. The van der Waals surface area contributed by atoms with Crippen molar-refractivity contribution in [3.63, 3.8) is 0 Å². The number of halogens is 3. The van der Waals surface area contributed by atoms with E-state index in [4.69, 9.17) is 5.73 Å². The Balaban J connectivity index is 2.55. The molecule has 1 unspecified atom stereocenters. The van der Waals surface area contributed by atoms with Crippen molar-refractivity contribution in [1.82, 2.24) is 9.97 Å². The molecule has 0 amide bonds. The molecular formula is C8H11F3N4. The summed E-state index contributed by atoms with van der Waals surface area (Å²) in [5, 5.41) is 2.52. The van der Waals surface area contributed by atoms with Crippen molar-refractivity contribution >= 4 is 11.8 Å². The maximum absolute atomic E-state index is 12.0. The second kappa shape index (κ2) is 4.33. The normalized spacial score (nSPS) is 13.6. The van der Waals surface area contributed by atoms with Crippen LogP contribution in [0, 0.1) is 0 Å². The molecular weight excluding hydrogens is 209 g/mol. The molecule has 0 fully saturated rings. The Hall–Kier alpha value is -1.53. The summed E-state index contributed by atoms with van der Waals surface area (Å²) in [6.07, 6.45) is -3.76. The molecule has 4 nitrogen and oxygen atoms in total. The minimum absolute atomic E-state index is 0.103. The molecule has 1 atom stereocenters. The van der Waals surface area contributed by atoms with E-state index in [1.807, 2.05) is 0 Å². The van der Waals surface area contributed by atoms with Crippen molar-refractivity contribution in [1.29, 1.82) is 0 Å². The molecule has 0 aliphatic rings. The summed E-state index contributed by atoms with van der Waals surface area (Å²) in [7, 11) is 0. The maximum Gasteiger partial charge on any atom is 0.391 e. The Labute approximate surface area is 84.7 Å². The lowest BCUT2D eigenvalue weighted by molar-refractivity contribution is -0.136. The van der Waals surface area contributed by atoms with E-state index in [1.54, 1.807) is 0 Å². The van der Waals surface area contributed by atoms with Gasteiger partial charge in [0.15, 0.2) is 0 Å². The van der Waals surface area contributed by atoms with Crippen LogP contribution in [-0.4, -0.2) is 22.2 Å². The largest absolute Gasteiger partial charge is 0.391 e. The molecule has 7 heteroatoms. The fourth-order valence-corrected chi connectivity index (χ4v) is 1.06. The zero-order valence-electron chi connectivity index (χ0n) is 8.04. The highest BCUT2D eigenvalue weighted by Gasteiger charge is 2.30. The van der Waals surface area contributed by atoms with Gasteiger partial charge in [-0.3, -0.25) is 0 Å². The van der Waals surface area contributed by atoms with Crippen LogP contribution in [0.5, 0.6) is 0 Å². The number of hydrogen-bond donors (Lipinski definition) is 2. The van der Waals surface area contributed by atoms with Gasteiger partial charge in [-0.2, -0.15) is 18.2 Å². The van der Waals surface area contributed by atoms with Crippen LogP contribution < -0.4 is 11.1 Å². The van der Waals surface area contributed by atoms with Gasteiger partial charge in [-0.25, -0.2) is 4.98 Å². The third-order valence-electron chi connectivity index (χ3n) is 1.59. The van der Waals surface area contributed by atoms with Crippen molar-refractivity contribution in [2.75, 3.05) is 11.1 Å². The fourth-order valence-electron chi connectivity index (χ4n) is 1.06. The van der Waals surface area contributed by atoms with Crippen LogP contribution in [0.4, 0.5) is 24.9 Å². The van der Waals surface area contributed by atoms with Crippen molar-refractivity contribution in [2.24, 2.45) is 0 Å². The number of nitrogens with zero attached hydrogens (tertiary/aromatic N) is 2. The number of nitrogens with two attached hydrogens (primary N) is 1. The number of alkyl halides is 3. The van der Waals surface area contributed by atoms with Gasteiger partial charge < -0.3 is 11.1 Å². The van der Waals surface area contributed by atoms with Gasteiger partial charge in [0.25, 0.3) is 0 Å². The van der Waals surface area contributed by atoms with Crippen LogP contribution in [0.2, 0.25) is 0 Å². The minimum Gasteiger partial charge on any atom is -0.384 e. The molecule has 84 valence electrons. The molecule has 1 aromatic heterocycles. The van der Waals surface area contributed by atoms with E-state index in [0.717, 1.165) is 0 Å². The van der Waals surface area contributed by atoms with Crippen LogP contribution in [0.1, 0.15) is 13.3 Å². The lowest BCUT2D eigenvalue weighted by atomic mass is 10.2. The molecule has 0 radical (unpaired) electrons. The minimum atomic E-state index is -4.20. The highest BCUT2D eigenvalue weighted by atomic mass is 19.4. The van der Waals surface area contributed by atoms with E-state index < -0.39 is 18.6 Å². The zero-order valence-corrected chi connectivity index (χ0v) is 8.04. The van der Waals surface area contributed by atoms with E-state index in [2.05, 4.69) is 15.3 Å². The van der Waals surface area contributed by atoms with E-state index in [0.29, 0.717) is 0 Å². The summed E-state index contributed by atoms with van der Waals surface area (Å²) in [4.78, 5) is 7.47. The maximum atomic E-state index is 12.0. The van der Waals surface area contributed by atoms with Crippen LogP contribution in [0.25, 0.3) is 0 Å². The molecule has 1 rings (SSSR count). The van der Waals surface area contributed by atoms with Crippen LogP contribution in [-0.2, 0) is 0 Å². The molecule has 0 saturated carbocycles. The van der Waals surface area contributed by atoms with Gasteiger partial charge in [-0.05, 0) is 13.0 Å². The van der Waals surface area contributed by atoms with Gasteiger partial charge in [0, 0.05) is 12.2 Å². The number of nitrogens with one attached hydrogen (secondary N) is 1. The summed E-state index contributed by atoms with van der Waals surface area (Å²) in [5.74, 6) is 0.318. The first-order valence-corrected chi connectivity index (χ1v) is 4.28. The molecule has 3 N–H and O–H groups in total. The van der Waals surface area contributed by atoms with Crippen molar-refractivity contribution in [2.45, 2.75) is 25.6 Å². The highest BCUT2D eigenvalue weighted by molar-refractivity contribution is 5.35. The SMILES string of the molecule is CC(CC(F)(F)F)Nc1nccc(N)n1. The first kappa shape index (κ1) is 11.5. The molecule has 15 heavy (non-hydrogen) atoms. The summed E-state index contributed by atoms with van der Waals surface area (Å²) >= 11 is 0. The lowest BCUT2D eigenvalue weighted by Gasteiger charge is -2.15. The van der Waals surface area contributed by atoms with Gasteiger partial charge in [0.2, 0.25) is 5.95 Å². The van der Waals surface area contributed by atoms with Gasteiger partial charge in [-0.1, -0.05) is 0 Å². The predicted octanol–water partition coefficient (Wildman–Crippen LogP) is 1.81. The van der Waals surface area contributed by atoms with Crippen LogP contribution in [0.15, 0.2) is 12.3 Å². The number of nitrogen functional groups attached to an aromatic ring is 1. The van der Waals surface area contributed by atoms with E-state index >= 15 is 0 Å². The Morgan fingerprint density at radius 2 is 2.20 bits per heavy atom. The monoisotopic (exact) mass is 220 g/mol. The Kier molecular flexibility index (Phi) is 3.33. The van der Waals surface area contributed by atoms with Crippen molar-refractivity contribution in [3.8, 4) is 0 Å². The molecule has 0 aliphatic heterocycles. The van der Waals surface area contributed by atoms with Crippen molar-refractivity contribution < 1.29 is 13.2 Å². The smallest absolute Gasteiger partial charge is 0.384 e. The van der Waals surface area contributed by atoms with Gasteiger partial charge in [-0.15, -0.1) is 0 Å². The van der Waals surface area contributed by atoms with Crippen LogP contribution in [0.3, 0.4) is 0 Å². The molecule has 1 heterocycles. The molecule has 1 aromatic rings. The summed E-state index contributed by atoms with van der Waals surface area (Å²) < 4.78 is 35.9. The third-order valence-corrected chi connectivity index (χ3v) is 1.59. The first-order chi connectivity index (χ1) is 6.87. The Morgan fingerprint density at radius 3 is 2.73 bits per heavy atom. The van der Waals surface area contributed by atoms with Gasteiger partial charge in [0.05, 0.1) is 6.42 Å². The fraction of sp³-hybridized carbons (Fsp3) is 0.500. The second-order valence-electron chi connectivity index (χ2n) is 3.17. The molecule has 0 aromatic carbocycles. The summed E-state index contributed by atoms with van der Waals surface area (Å²) in [5.41, 5.74) is 5.35. The molecule has 0 aliphatic carbocycles. The zero-order chi connectivity index (χ0) is 11.5. The number of hydrogen-bond acceptors (Lipinski definition) is 4. The quantitative estimate of drug-likeness (QED) is 0.815. The third kappa shape index (κ3) is 4.48. The van der Waals surface area contributed by atoms with Crippen molar-refractivity contribution in [3.05, 3.63) is 12.3 Å². The Bertz CT molecular complexity index is 326. The topological polar surface area (TPSA) is 63.8 Å². The average molecular weight is 220 g/mol. The molecule has 0 saturated heterocycles. The van der Waals surface area contributed by atoms with E-state index in [1.165, 1.54) is 19.2 Å². The van der Waals surface area contributed by atoms with E-state index in [9.17, 15) is 13.2 Å².